The third kappa shape index (κ3) is 3.52. The quantitative estimate of drug-likeness (QED) is 0.885. The zero-order chi connectivity index (χ0) is 13.1. The Kier molecular flexibility index (Phi) is 3.76. The van der Waals surface area contributed by atoms with Gasteiger partial charge in [0, 0.05) is 6.07 Å². The van der Waals surface area contributed by atoms with Crippen LogP contribution in [0.25, 0.3) is 0 Å². The molecule has 2 aliphatic rings. The smallest absolute Gasteiger partial charge is 0.240 e. The highest BCUT2D eigenvalue weighted by Gasteiger charge is 2.23. The topological polar surface area (TPSA) is 57.4 Å². The summed E-state index contributed by atoms with van der Waals surface area (Å²) in [6.45, 7) is 0.726. The van der Waals surface area contributed by atoms with E-state index in [1.165, 1.54) is 32.1 Å². The van der Waals surface area contributed by atoms with Crippen LogP contribution in [0.15, 0.2) is 12.1 Å². The number of aromatic nitrogens is 1. The standard InChI is InChI=1S/C15H22N2O2/c16-13-8-9-14(19-12-4-2-1-3-5-12)17-15(13)18-10-11-6-7-11/h8-9,11-12H,1-7,10,16H2. The van der Waals surface area contributed by atoms with E-state index in [1.54, 1.807) is 0 Å². The highest BCUT2D eigenvalue weighted by atomic mass is 16.5. The Balaban J connectivity index is 1.61. The SMILES string of the molecule is Nc1ccc(OC2CCCCC2)nc1OCC1CC1. The molecule has 0 aliphatic heterocycles. The van der Waals surface area contributed by atoms with E-state index in [4.69, 9.17) is 15.2 Å². The Bertz CT molecular complexity index is 426. The van der Waals surface area contributed by atoms with E-state index in [1.807, 2.05) is 12.1 Å². The van der Waals surface area contributed by atoms with Crippen LogP contribution in [0.4, 0.5) is 5.69 Å². The van der Waals surface area contributed by atoms with E-state index >= 15 is 0 Å². The molecule has 104 valence electrons. The van der Waals surface area contributed by atoms with Gasteiger partial charge in [-0.05, 0) is 50.5 Å². The summed E-state index contributed by atoms with van der Waals surface area (Å²) in [5.41, 5.74) is 6.48. The number of hydrogen-bond donors (Lipinski definition) is 1. The van der Waals surface area contributed by atoms with Crippen LogP contribution in [0.1, 0.15) is 44.9 Å². The van der Waals surface area contributed by atoms with Crippen LogP contribution >= 0.6 is 0 Å². The third-order valence-electron chi connectivity index (χ3n) is 3.86. The lowest BCUT2D eigenvalue weighted by molar-refractivity contribution is 0.146. The van der Waals surface area contributed by atoms with E-state index in [9.17, 15) is 0 Å². The summed E-state index contributed by atoms with van der Waals surface area (Å²) >= 11 is 0. The van der Waals surface area contributed by atoms with E-state index in [-0.39, 0.29) is 0 Å². The molecule has 0 saturated heterocycles. The van der Waals surface area contributed by atoms with Crippen molar-refractivity contribution in [3.8, 4) is 11.8 Å². The summed E-state index contributed by atoms with van der Waals surface area (Å²) < 4.78 is 11.6. The van der Waals surface area contributed by atoms with Gasteiger partial charge in [0.1, 0.15) is 6.10 Å². The second-order valence-electron chi connectivity index (χ2n) is 5.68. The van der Waals surface area contributed by atoms with Crippen molar-refractivity contribution >= 4 is 5.69 Å². The zero-order valence-corrected chi connectivity index (χ0v) is 11.3. The molecule has 3 rings (SSSR count). The predicted molar refractivity (Wildman–Crippen MR) is 74.4 cm³/mol. The molecule has 0 unspecified atom stereocenters. The van der Waals surface area contributed by atoms with Gasteiger partial charge in [-0.25, -0.2) is 0 Å². The molecule has 2 saturated carbocycles. The Labute approximate surface area is 114 Å². The number of ether oxygens (including phenoxy) is 2. The van der Waals surface area contributed by atoms with Crippen molar-refractivity contribution in [1.82, 2.24) is 4.98 Å². The van der Waals surface area contributed by atoms with Crippen molar-refractivity contribution < 1.29 is 9.47 Å². The lowest BCUT2D eigenvalue weighted by atomic mass is 9.98. The normalized spacial score (nSPS) is 20.2. The second kappa shape index (κ2) is 5.68. The fraction of sp³-hybridized carbons (Fsp3) is 0.667. The molecule has 2 aliphatic carbocycles. The maximum atomic E-state index is 5.93. The molecule has 2 N–H and O–H groups in total. The molecule has 4 heteroatoms. The Morgan fingerprint density at radius 2 is 1.89 bits per heavy atom. The van der Waals surface area contributed by atoms with E-state index in [0.29, 0.717) is 29.5 Å². The zero-order valence-electron chi connectivity index (χ0n) is 11.3. The summed E-state index contributed by atoms with van der Waals surface area (Å²) in [6, 6.07) is 3.67. The van der Waals surface area contributed by atoms with Crippen LogP contribution in [0.3, 0.4) is 0 Å². The maximum absolute atomic E-state index is 5.93. The molecule has 0 spiro atoms. The summed E-state index contributed by atoms with van der Waals surface area (Å²) in [7, 11) is 0. The van der Waals surface area contributed by atoms with Crippen LogP contribution in [0.5, 0.6) is 11.8 Å². The van der Waals surface area contributed by atoms with E-state index in [0.717, 1.165) is 19.4 Å². The van der Waals surface area contributed by atoms with Crippen molar-refractivity contribution in [2.75, 3.05) is 12.3 Å². The van der Waals surface area contributed by atoms with Gasteiger partial charge in [-0.3, -0.25) is 0 Å². The molecule has 0 radical (unpaired) electrons. The average molecular weight is 262 g/mol. The number of nitrogens with zero attached hydrogens (tertiary/aromatic N) is 1. The van der Waals surface area contributed by atoms with Crippen LogP contribution in [0, 0.1) is 5.92 Å². The van der Waals surface area contributed by atoms with Crippen molar-refractivity contribution in [3.63, 3.8) is 0 Å². The lowest BCUT2D eigenvalue weighted by Crippen LogP contribution is -2.20. The highest BCUT2D eigenvalue weighted by Crippen LogP contribution is 2.31. The molecule has 4 nitrogen and oxygen atoms in total. The Hall–Kier alpha value is -1.45. The highest BCUT2D eigenvalue weighted by molar-refractivity contribution is 5.49. The first-order valence-electron chi connectivity index (χ1n) is 7.37. The molecule has 1 heterocycles. The Morgan fingerprint density at radius 3 is 2.63 bits per heavy atom. The first kappa shape index (κ1) is 12.6. The minimum absolute atomic E-state index is 0.307. The van der Waals surface area contributed by atoms with Gasteiger partial charge in [0.25, 0.3) is 0 Å². The minimum atomic E-state index is 0.307. The Morgan fingerprint density at radius 1 is 1.11 bits per heavy atom. The number of nitrogen functional groups attached to an aromatic ring is 1. The van der Waals surface area contributed by atoms with Crippen molar-refractivity contribution in [2.45, 2.75) is 51.0 Å². The van der Waals surface area contributed by atoms with Gasteiger partial charge in [0.05, 0.1) is 12.3 Å². The van der Waals surface area contributed by atoms with Crippen molar-refractivity contribution in [1.29, 1.82) is 0 Å². The van der Waals surface area contributed by atoms with E-state index in [2.05, 4.69) is 4.98 Å². The first-order valence-corrected chi connectivity index (χ1v) is 7.37. The molecule has 1 aromatic heterocycles. The van der Waals surface area contributed by atoms with Crippen LogP contribution in [-0.2, 0) is 0 Å². The number of hydrogen-bond acceptors (Lipinski definition) is 4. The van der Waals surface area contributed by atoms with Crippen molar-refractivity contribution in [3.05, 3.63) is 12.1 Å². The van der Waals surface area contributed by atoms with Gasteiger partial charge in [-0.1, -0.05) is 6.42 Å². The molecule has 0 amide bonds. The monoisotopic (exact) mass is 262 g/mol. The van der Waals surface area contributed by atoms with Crippen LogP contribution in [-0.4, -0.2) is 17.7 Å². The fourth-order valence-electron chi connectivity index (χ4n) is 2.45. The molecular formula is C15H22N2O2. The minimum Gasteiger partial charge on any atom is -0.476 e. The van der Waals surface area contributed by atoms with Gasteiger partial charge in [0.2, 0.25) is 11.8 Å². The first-order chi connectivity index (χ1) is 9.31. The molecule has 0 aromatic carbocycles. The van der Waals surface area contributed by atoms with E-state index < -0.39 is 0 Å². The summed E-state index contributed by atoms with van der Waals surface area (Å²) in [5.74, 6) is 1.87. The number of nitrogens with two attached hydrogens (primary N) is 1. The third-order valence-corrected chi connectivity index (χ3v) is 3.86. The summed E-state index contributed by atoms with van der Waals surface area (Å²) in [4.78, 5) is 4.40. The van der Waals surface area contributed by atoms with Gasteiger partial charge >= 0.3 is 0 Å². The van der Waals surface area contributed by atoms with Gasteiger partial charge in [-0.15, -0.1) is 0 Å². The number of rotatable bonds is 5. The van der Waals surface area contributed by atoms with Gasteiger partial charge in [0.15, 0.2) is 0 Å². The molecule has 19 heavy (non-hydrogen) atoms. The maximum Gasteiger partial charge on any atom is 0.240 e. The average Bonchev–Trinajstić information content (AvgIpc) is 3.25. The lowest BCUT2D eigenvalue weighted by Gasteiger charge is -2.22. The van der Waals surface area contributed by atoms with Crippen molar-refractivity contribution in [2.24, 2.45) is 5.92 Å². The predicted octanol–water partition coefficient (Wildman–Crippen LogP) is 3.16. The number of anilines is 1. The van der Waals surface area contributed by atoms with Gasteiger partial charge < -0.3 is 15.2 Å². The van der Waals surface area contributed by atoms with Gasteiger partial charge in [-0.2, -0.15) is 4.98 Å². The molecule has 0 atom stereocenters. The summed E-state index contributed by atoms with van der Waals surface area (Å²) in [5, 5.41) is 0. The molecular weight excluding hydrogens is 240 g/mol. The molecule has 2 fully saturated rings. The largest absolute Gasteiger partial charge is 0.476 e. The van der Waals surface area contributed by atoms with Crippen LogP contribution in [0.2, 0.25) is 0 Å². The molecule has 1 aromatic rings. The fourth-order valence-corrected chi connectivity index (χ4v) is 2.45. The second-order valence-corrected chi connectivity index (χ2v) is 5.68. The number of pyridine rings is 1. The van der Waals surface area contributed by atoms with Crippen LogP contribution < -0.4 is 15.2 Å². The molecule has 0 bridgehead atoms. The summed E-state index contributed by atoms with van der Waals surface area (Å²) in [6.07, 6.45) is 8.92.